The molecule has 0 aliphatic heterocycles. The van der Waals surface area contributed by atoms with Crippen LogP contribution in [0.25, 0.3) is 0 Å². The fourth-order valence-corrected chi connectivity index (χ4v) is 2.93. The molecule has 0 spiro atoms. The maximum Gasteiger partial charge on any atom is 0.508 e. The Morgan fingerprint density at radius 2 is 1.54 bits per heavy atom. The van der Waals surface area contributed by atoms with Crippen LogP contribution in [0.2, 0.25) is 0 Å². The molecule has 0 saturated carbocycles. The van der Waals surface area contributed by atoms with Crippen molar-refractivity contribution in [2.75, 3.05) is 6.61 Å². The first-order valence-electron chi connectivity index (χ1n) is 11.7. The molecule has 196 valence electrons. The maximum absolute atomic E-state index is 12.2. The molecular formula is C25H37NO9. The monoisotopic (exact) mass is 495 g/mol. The van der Waals surface area contributed by atoms with Crippen LogP contribution in [0.5, 0.6) is 11.5 Å². The predicted octanol–water partition coefficient (Wildman–Crippen LogP) is 3.87. The lowest BCUT2D eigenvalue weighted by Gasteiger charge is -2.28. The summed E-state index contributed by atoms with van der Waals surface area (Å²) in [6.45, 7) is 10.3. The van der Waals surface area contributed by atoms with E-state index in [1.165, 1.54) is 25.1 Å². The third-order valence-electron chi connectivity index (χ3n) is 4.98. The third kappa shape index (κ3) is 9.94. The first-order valence-corrected chi connectivity index (χ1v) is 11.7. The molecule has 0 radical (unpaired) electrons. The molecule has 0 aliphatic carbocycles. The van der Waals surface area contributed by atoms with E-state index in [9.17, 15) is 24.3 Å². The van der Waals surface area contributed by atoms with Gasteiger partial charge < -0.3 is 29.8 Å². The molecule has 0 bridgehead atoms. The van der Waals surface area contributed by atoms with Crippen molar-refractivity contribution in [1.29, 1.82) is 0 Å². The number of ether oxygens (including phenoxy) is 4. The molecule has 35 heavy (non-hydrogen) atoms. The second-order valence-electron chi connectivity index (χ2n) is 9.16. The summed E-state index contributed by atoms with van der Waals surface area (Å²) in [5.74, 6) is -3.22. The van der Waals surface area contributed by atoms with E-state index < -0.39 is 47.5 Å². The lowest BCUT2D eigenvalue weighted by atomic mass is 9.86. The molecule has 0 aromatic heterocycles. The van der Waals surface area contributed by atoms with Crippen molar-refractivity contribution >= 4 is 24.1 Å². The van der Waals surface area contributed by atoms with Gasteiger partial charge in [0.25, 0.3) is 0 Å². The van der Waals surface area contributed by atoms with Gasteiger partial charge >= 0.3 is 24.1 Å². The van der Waals surface area contributed by atoms with E-state index >= 15 is 0 Å². The van der Waals surface area contributed by atoms with Gasteiger partial charge in [-0.25, -0.2) is 4.79 Å². The number of rotatable bonds is 13. The zero-order valence-corrected chi connectivity index (χ0v) is 21.3. The Hall–Kier alpha value is -3.14. The van der Waals surface area contributed by atoms with Crippen molar-refractivity contribution in [2.45, 2.75) is 78.9 Å². The largest absolute Gasteiger partial charge is 0.508 e. The van der Waals surface area contributed by atoms with E-state index in [1.807, 2.05) is 6.92 Å². The number of carbonyl (C=O) groups is 4. The fraction of sp³-hybridized carbons (Fsp3) is 0.600. The minimum absolute atomic E-state index is 0.0215. The molecule has 0 saturated heterocycles. The summed E-state index contributed by atoms with van der Waals surface area (Å²) in [6.07, 6.45) is -0.571. The second kappa shape index (κ2) is 13.7. The number of nitrogens with two attached hydrogens (primary N) is 1. The minimum Gasteiger partial charge on any atom is -0.480 e. The first kappa shape index (κ1) is 29.9. The van der Waals surface area contributed by atoms with Crippen LogP contribution >= 0.6 is 0 Å². The number of carboxylic acids is 1. The van der Waals surface area contributed by atoms with E-state index in [1.54, 1.807) is 27.7 Å². The van der Waals surface area contributed by atoms with Crippen molar-refractivity contribution in [2.24, 2.45) is 17.6 Å². The zero-order chi connectivity index (χ0) is 26.8. The van der Waals surface area contributed by atoms with E-state index in [4.69, 9.17) is 24.7 Å². The van der Waals surface area contributed by atoms with Crippen molar-refractivity contribution in [3.05, 3.63) is 23.8 Å². The smallest absolute Gasteiger partial charge is 0.480 e. The van der Waals surface area contributed by atoms with Crippen molar-refractivity contribution in [3.8, 4) is 11.5 Å². The summed E-state index contributed by atoms with van der Waals surface area (Å²) < 4.78 is 20.8. The fourth-order valence-electron chi connectivity index (χ4n) is 2.93. The normalized spacial score (nSPS) is 13.6. The molecular weight excluding hydrogens is 458 g/mol. The minimum atomic E-state index is -1.81. The number of esters is 2. The Labute approximate surface area is 206 Å². The average Bonchev–Trinajstić information content (AvgIpc) is 2.75. The summed E-state index contributed by atoms with van der Waals surface area (Å²) in [4.78, 5) is 48.1. The van der Waals surface area contributed by atoms with E-state index in [0.717, 1.165) is 6.42 Å². The van der Waals surface area contributed by atoms with Gasteiger partial charge in [-0.3, -0.25) is 14.4 Å². The van der Waals surface area contributed by atoms with E-state index in [2.05, 4.69) is 0 Å². The Balaban J connectivity index is 3.11. The molecule has 3 N–H and O–H groups in total. The van der Waals surface area contributed by atoms with Crippen molar-refractivity contribution in [3.63, 3.8) is 0 Å². The van der Waals surface area contributed by atoms with Crippen LogP contribution in [-0.4, -0.2) is 47.4 Å². The molecule has 0 heterocycles. The summed E-state index contributed by atoms with van der Waals surface area (Å²) in [5.41, 5.74) is 4.82. The Bertz CT molecular complexity index is 897. The number of hydrogen-bond acceptors (Lipinski definition) is 9. The number of aliphatic carboxylic acids is 1. The molecule has 10 nitrogen and oxygen atoms in total. The molecule has 1 aromatic carbocycles. The van der Waals surface area contributed by atoms with Gasteiger partial charge in [0.1, 0.15) is 11.6 Å². The van der Waals surface area contributed by atoms with Crippen LogP contribution in [0.1, 0.15) is 66.4 Å². The van der Waals surface area contributed by atoms with Gasteiger partial charge in [-0.05, 0) is 31.0 Å². The van der Waals surface area contributed by atoms with Crippen LogP contribution in [0.15, 0.2) is 18.2 Å². The topological polar surface area (TPSA) is 151 Å². The number of unbranched alkanes of at least 4 members (excludes halogenated alkanes) is 1. The molecule has 1 unspecified atom stereocenters. The van der Waals surface area contributed by atoms with Crippen LogP contribution in [0, 0.1) is 11.8 Å². The van der Waals surface area contributed by atoms with E-state index in [0.29, 0.717) is 12.0 Å². The molecule has 0 aliphatic rings. The van der Waals surface area contributed by atoms with Crippen molar-refractivity contribution in [1.82, 2.24) is 0 Å². The van der Waals surface area contributed by atoms with Gasteiger partial charge in [0.2, 0.25) is 0 Å². The number of benzene rings is 1. The number of hydrogen-bond donors (Lipinski definition) is 2. The summed E-state index contributed by atoms with van der Waals surface area (Å²) >= 11 is 0. The van der Waals surface area contributed by atoms with Crippen LogP contribution in [0.3, 0.4) is 0 Å². The second-order valence-corrected chi connectivity index (χ2v) is 9.16. The standard InChI is InChI=1S/C25H37NO9/c1-7-8-11-32-24(31)33-17(6)13-25(26,23(29)30)14-18-9-10-19(34-21(27)15(2)3)20(12-18)35-22(28)16(4)5/h9-10,12,15-17H,7-8,11,13-14,26H2,1-6H3,(H,29,30)/t17-,25?/m0/s1. The van der Waals surface area contributed by atoms with Gasteiger partial charge in [-0.15, -0.1) is 0 Å². The van der Waals surface area contributed by atoms with E-state index in [-0.39, 0.29) is 30.9 Å². The van der Waals surface area contributed by atoms with Gasteiger partial charge in [-0.2, -0.15) is 0 Å². The predicted molar refractivity (Wildman–Crippen MR) is 127 cm³/mol. The molecule has 1 rings (SSSR count). The third-order valence-corrected chi connectivity index (χ3v) is 4.98. The van der Waals surface area contributed by atoms with Crippen LogP contribution in [0.4, 0.5) is 4.79 Å². The molecule has 1 aromatic rings. The zero-order valence-electron chi connectivity index (χ0n) is 21.3. The highest BCUT2D eigenvalue weighted by Gasteiger charge is 2.37. The highest BCUT2D eigenvalue weighted by molar-refractivity contribution is 5.80. The summed E-state index contributed by atoms with van der Waals surface area (Å²) in [5, 5.41) is 9.82. The highest BCUT2D eigenvalue weighted by Crippen LogP contribution is 2.32. The summed E-state index contributed by atoms with van der Waals surface area (Å²) in [7, 11) is 0. The van der Waals surface area contributed by atoms with Gasteiger partial charge in [0, 0.05) is 12.8 Å². The van der Waals surface area contributed by atoms with Gasteiger partial charge in [0.05, 0.1) is 18.4 Å². The first-order chi connectivity index (χ1) is 16.3. The van der Waals surface area contributed by atoms with Crippen molar-refractivity contribution < 1.29 is 43.2 Å². The van der Waals surface area contributed by atoms with Gasteiger partial charge in [0.15, 0.2) is 11.5 Å². The molecule has 0 amide bonds. The van der Waals surface area contributed by atoms with Crippen LogP contribution < -0.4 is 15.2 Å². The number of carboxylic acid groups (broad SMARTS) is 1. The molecule has 0 fully saturated rings. The SMILES string of the molecule is CCCCOC(=O)O[C@@H](C)CC(N)(Cc1ccc(OC(=O)C(C)C)c(OC(=O)C(C)C)c1)C(=O)O. The quantitative estimate of drug-likeness (QED) is 0.234. The Kier molecular flexibility index (Phi) is 11.7. The molecule has 10 heteroatoms. The van der Waals surface area contributed by atoms with Gasteiger partial charge in [-0.1, -0.05) is 47.1 Å². The molecule has 2 atom stereocenters. The number of carbonyl (C=O) groups excluding carboxylic acids is 3. The average molecular weight is 496 g/mol. The van der Waals surface area contributed by atoms with Crippen LogP contribution in [-0.2, 0) is 30.3 Å². The lowest BCUT2D eigenvalue weighted by Crippen LogP contribution is -2.52. The highest BCUT2D eigenvalue weighted by atomic mass is 16.7. The Morgan fingerprint density at radius 1 is 0.971 bits per heavy atom. The maximum atomic E-state index is 12.2. The Morgan fingerprint density at radius 3 is 2.06 bits per heavy atom. The summed E-state index contributed by atoms with van der Waals surface area (Å²) in [6, 6.07) is 4.37. The lowest BCUT2D eigenvalue weighted by molar-refractivity contribution is -0.144.